The van der Waals surface area contributed by atoms with Gasteiger partial charge < -0.3 is 19.2 Å². The fraction of sp³-hybridized carbons (Fsp3) is 0.0392. The molecular weight excluding hydrogens is 695 g/mol. The topological polar surface area (TPSA) is 46.2 Å². The molecule has 0 aliphatic carbocycles. The Bertz CT molecular complexity index is 3090. The molecule has 270 valence electrons. The van der Waals surface area contributed by atoms with Gasteiger partial charge in [-0.1, -0.05) is 108 Å². The Balaban J connectivity index is 1.15. The van der Waals surface area contributed by atoms with Gasteiger partial charge in [-0.25, -0.2) is 4.98 Å². The molecule has 0 radical (unpaired) electrons. The van der Waals surface area contributed by atoms with Gasteiger partial charge in [0.1, 0.15) is 5.52 Å². The van der Waals surface area contributed by atoms with Crippen molar-refractivity contribution in [1.29, 1.82) is 0 Å². The van der Waals surface area contributed by atoms with Crippen LogP contribution in [-0.4, -0.2) is 16.8 Å². The van der Waals surface area contributed by atoms with Gasteiger partial charge >= 0.3 is 0 Å². The Morgan fingerprint density at radius 3 is 2.05 bits per heavy atom. The minimum Gasteiger partial charge on any atom is -0.436 e. The first-order chi connectivity index (χ1) is 28.1. The van der Waals surface area contributed by atoms with Crippen molar-refractivity contribution < 1.29 is 4.42 Å². The molecule has 6 heteroatoms. The summed E-state index contributed by atoms with van der Waals surface area (Å²) in [6.07, 6.45) is 0. The van der Waals surface area contributed by atoms with E-state index in [4.69, 9.17) is 9.40 Å². The lowest BCUT2D eigenvalue weighted by Crippen LogP contribution is -2.37. The molecule has 57 heavy (non-hydrogen) atoms. The highest BCUT2D eigenvalue weighted by Crippen LogP contribution is 2.43. The highest BCUT2D eigenvalue weighted by molar-refractivity contribution is 6.73. The second kappa shape index (κ2) is 13.2. The Morgan fingerprint density at radius 2 is 1.32 bits per heavy atom. The van der Waals surface area contributed by atoms with Crippen molar-refractivity contribution in [1.82, 2.24) is 9.55 Å². The third-order valence-electron chi connectivity index (χ3n) is 11.4. The van der Waals surface area contributed by atoms with Crippen molar-refractivity contribution in [2.75, 3.05) is 10.2 Å². The molecule has 0 amide bonds. The van der Waals surface area contributed by atoms with Crippen molar-refractivity contribution in [3.63, 3.8) is 0 Å². The van der Waals surface area contributed by atoms with E-state index in [1.54, 1.807) is 0 Å². The van der Waals surface area contributed by atoms with Crippen molar-refractivity contribution >= 4 is 79.5 Å². The van der Waals surface area contributed by atoms with Crippen molar-refractivity contribution in [2.45, 2.75) is 13.8 Å². The number of nitrogens with zero attached hydrogens (tertiary/aromatic N) is 3. The lowest BCUT2D eigenvalue weighted by atomic mass is 9.58. The molecule has 0 saturated carbocycles. The highest BCUT2D eigenvalue weighted by atomic mass is 16.3. The Morgan fingerprint density at radius 1 is 0.632 bits per heavy atom. The van der Waals surface area contributed by atoms with Crippen LogP contribution >= 0.6 is 0 Å². The fourth-order valence-electron chi connectivity index (χ4n) is 8.75. The number of fused-ring (bicyclic) bond motifs is 6. The van der Waals surface area contributed by atoms with Crippen molar-refractivity contribution in [2.24, 2.45) is 0 Å². The van der Waals surface area contributed by atoms with Crippen LogP contribution in [0.3, 0.4) is 0 Å². The monoisotopic (exact) mass is 732 g/mol. The summed E-state index contributed by atoms with van der Waals surface area (Å²) >= 11 is 0. The zero-order chi connectivity index (χ0) is 38.0. The molecule has 11 rings (SSSR count). The molecule has 0 bridgehead atoms. The van der Waals surface area contributed by atoms with Crippen LogP contribution in [0.15, 0.2) is 180 Å². The number of aromatic nitrogens is 2. The number of para-hydroxylation sites is 3. The summed E-state index contributed by atoms with van der Waals surface area (Å²) < 4.78 is 8.92. The van der Waals surface area contributed by atoms with Gasteiger partial charge in [0.25, 0.3) is 0 Å². The number of anilines is 5. The largest absolute Gasteiger partial charge is 0.436 e. The maximum atomic E-state index is 6.45. The van der Waals surface area contributed by atoms with Crippen LogP contribution in [0.5, 0.6) is 0 Å². The zero-order valence-electron chi connectivity index (χ0n) is 31.7. The molecular formula is C51H37BN4O. The summed E-state index contributed by atoms with van der Waals surface area (Å²) in [7, 11) is 0.751. The van der Waals surface area contributed by atoms with Crippen LogP contribution in [0.4, 0.5) is 28.4 Å². The van der Waals surface area contributed by atoms with Gasteiger partial charge in [0.05, 0.1) is 5.52 Å². The summed E-state index contributed by atoms with van der Waals surface area (Å²) in [5, 5.41) is 6.43. The number of nitrogens with one attached hydrogen (secondary N) is 1. The summed E-state index contributed by atoms with van der Waals surface area (Å²) in [6.45, 7) is 4.39. The minimum atomic E-state index is 0.636. The van der Waals surface area contributed by atoms with Crippen molar-refractivity contribution in [3.05, 3.63) is 187 Å². The molecule has 0 saturated heterocycles. The van der Waals surface area contributed by atoms with Crippen molar-refractivity contribution in [3.8, 4) is 28.3 Å². The third-order valence-corrected chi connectivity index (χ3v) is 11.4. The molecule has 0 spiro atoms. The van der Waals surface area contributed by atoms with Crippen LogP contribution in [0.2, 0.25) is 0 Å². The van der Waals surface area contributed by atoms with E-state index < -0.39 is 0 Å². The van der Waals surface area contributed by atoms with E-state index in [2.05, 4.69) is 174 Å². The van der Waals surface area contributed by atoms with E-state index in [-0.39, 0.29) is 0 Å². The zero-order valence-corrected chi connectivity index (χ0v) is 31.7. The molecule has 1 aliphatic rings. The van der Waals surface area contributed by atoms with Gasteiger partial charge in [0.2, 0.25) is 5.89 Å². The number of rotatable bonds is 7. The average Bonchev–Trinajstić information content (AvgIpc) is 3.84. The number of aryl methyl sites for hydroxylation is 2. The molecule has 0 fully saturated rings. The highest BCUT2D eigenvalue weighted by Gasteiger charge is 2.29. The van der Waals surface area contributed by atoms with Gasteiger partial charge in [0, 0.05) is 61.5 Å². The fourth-order valence-corrected chi connectivity index (χ4v) is 8.75. The quantitative estimate of drug-likeness (QED) is 0.166. The van der Waals surface area contributed by atoms with Gasteiger partial charge in [-0.15, -0.1) is 0 Å². The maximum Gasteiger partial charge on any atom is 0.227 e. The molecule has 0 unspecified atom stereocenters. The van der Waals surface area contributed by atoms with E-state index in [0.717, 1.165) is 63.6 Å². The Kier molecular flexibility index (Phi) is 7.64. The summed E-state index contributed by atoms with van der Waals surface area (Å²) in [6, 6.07) is 62.5. The van der Waals surface area contributed by atoms with E-state index in [1.165, 1.54) is 49.4 Å². The molecule has 1 aliphatic heterocycles. The predicted molar refractivity (Wildman–Crippen MR) is 240 cm³/mol. The maximum absolute atomic E-state index is 6.45. The Hall–Kier alpha value is -7.31. The first kappa shape index (κ1) is 33.1. The van der Waals surface area contributed by atoms with Gasteiger partial charge in [0.15, 0.2) is 12.9 Å². The second-order valence-corrected chi connectivity index (χ2v) is 15.0. The molecule has 1 N–H and O–H groups in total. The van der Waals surface area contributed by atoms with Crippen LogP contribution < -0.4 is 21.1 Å². The Labute approximate surface area is 331 Å². The molecule has 2 aromatic heterocycles. The third kappa shape index (κ3) is 5.52. The normalized spacial score (nSPS) is 11.8. The van der Waals surface area contributed by atoms with Gasteiger partial charge in [-0.3, -0.25) is 0 Å². The first-order valence-corrected chi connectivity index (χ1v) is 19.5. The van der Waals surface area contributed by atoms with E-state index in [9.17, 15) is 0 Å². The summed E-state index contributed by atoms with van der Waals surface area (Å²) in [5.41, 5.74) is 18.9. The van der Waals surface area contributed by atoms with E-state index in [1.807, 2.05) is 30.3 Å². The second-order valence-electron chi connectivity index (χ2n) is 15.0. The van der Waals surface area contributed by atoms with Gasteiger partial charge in [-0.2, -0.15) is 0 Å². The average molecular weight is 733 g/mol. The smallest absolute Gasteiger partial charge is 0.227 e. The van der Waals surface area contributed by atoms with Crippen LogP contribution in [0.1, 0.15) is 11.1 Å². The van der Waals surface area contributed by atoms with Crippen LogP contribution in [-0.2, 0) is 0 Å². The molecule has 10 aromatic rings. The lowest BCUT2D eigenvalue weighted by Gasteiger charge is -2.28. The minimum absolute atomic E-state index is 0.636. The van der Waals surface area contributed by atoms with E-state index in [0.29, 0.717) is 5.89 Å². The summed E-state index contributed by atoms with van der Waals surface area (Å²) in [5.74, 6) is 0.636. The van der Waals surface area contributed by atoms with Gasteiger partial charge in [-0.05, 0) is 109 Å². The van der Waals surface area contributed by atoms with Crippen LogP contribution in [0, 0.1) is 13.8 Å². The summed E-state index contributed by atoms with van der Waals surface area (Å²) in [4.78, 5) is 7.31. The number of oxazole rings is 1. The molecule has 3 heterocycles. The molecule has 0 atom stereocenters. The first-order valence-electron chi connectivity index (χ1n) is 19.5. The van der Waals surface area contributed by atoms with Crippen LogP contribution in [0.25, 0.3) is 61.2 Å². The lowest BCUT2D eigenvalue weighted by molar-refractivity contribution is 0.620. The predicted octanol–water partition coefficient (Wildman–Crippen LogP) is 11.8. The molecule has 8 aromatic carbocycles. The van der Waals surface area contributed by atoms with E-state index >= 15 is 0 Å². The number of hydrogen-bond acceptors (Lipinski definition) is 4. The number of benzene rings is 8. The SMILES string of the molecule is Cc1ccc(Nc2cc(N(c3ccccc3)c3ccccc3)ccc2-c2cc(C)c3c4ccccc4n4c3c2Bc2cc3oc(-c5ccccc5)nc3cc2-4)cc1. The molecule has 5 nitrogen and oxygen atoms in total. The number of hydrogen-bond donors (Lipinski definition) is 1. The standard InChI is InChI=1S/C51H37BN4O/c1-32-22-24-35(25-23-32)53-43-29-38(55(36-16-8-4-9-17-36)37-18-10-5-11-19-37)26-27-39(43)41-28-33(2)48-40-20-12-13-21-45(40)56-46-31-44-47(30-42(46)52-49(41)50(48)56)57-51(54-44)34-14-6-3-7-15-34/h3-31,52-53H,1-2H3.